The van der Waals surface area contributed by atoms with Crippen molar-refractivity contribution in [2.45, 2.75) is 6.92 Å². The van der Waals surface area contributed by atoms with E-state index in [4.69, 9.17) is 0 Å². The van der Waals surface area contributed by atoms with Gasteiger partial charge in [-0.15, -0.1) is 0 Å². The fourth-order valence-corrected chi connectivity index (χ4v) is 1.95. The quantitative estimate of drug-likeness (QED) is 0.569. The molecule has 0 N–H and O–H groups in total. The van der Waals surface area contributed by atoms with E-state index in [-0.39, 0.29) is 0 Å². The van der Waals surface area contributed by atoms with E-state index in [0.717, 1.165) is 0 Å². The summed E-state index contributed by atoms with van der Waals surface area (Å²) in [5.74, 6) is 0. The van der Waals surface area contributed by atoms with E-state index in [9.17, 15) is 0 Å². The Morgan fingerprint density at radius 1 is 0.750 bits per heavy atom. The molecule has 0 amide bonds. The molecule has 1 heterocycles. The van der Waals surface area contributed by atoms with Crippen LogP contribution in [0.15, 0.2) is 60.9 Å². The van der Waals surface area contributed by atoms with E-state index in [1.165, 1.54) is 22.0 Å². The summed E-state index contributed by atoms with van der Waals surface area (Å²) in [6.45, 7) is 2.11. The second kappa shape index (κ2) is 3.53. The van der Waals surface area contributed by atoms with Crippen molar-refractivity contribution in [1.82, 2.24) is 4.57 Å². The lowest BCUT2D eigenvalue weighted by Gasteiger charge is -2.02. The third kappa shape index (κ3) is 1.50. The van der Waals surface area contributed by atoms with Gasteiger partial charge in [0.2, 0.25) is 0 Å². The number of hydrogen-bond acceptors (Lipinski definition) is 0. The lowest BCUT2D eigenvalue weighted by Crippen LogP contribution is -1.88. The summed E-state index contributed by atoms with van der Waals surface area (Å²) in [6.07, 6.45) is 4.33. The number of benzene rings is 2. The number of aryl methyl sites for hydroxylation is 1. The molecule has 0 spiro atoms. The molecule has 1 nitrogen and oxygen atoms in total. The predicted octanol–water partition coefficient (Wildman–Crippen LogP) is 3.94. The first-order valence-electron chi connectivity index (χ1n) is 5.47. The summed E-state index contributed by atoms with van der Waals surface area (Å²) in [5.41, 5.74) is 2.50. The van der Waals surface area contributed by atoms with Crippen molar-refractivity contribution < 1.29 is 0 Å². The maximum absolute atomic E-state index is 2.17. The van der Waals surface area contributed by atoms with Crippen LogP contribution < -0.4 is 0 Å². The fourth-order valence-electron chi connectivity index (χ4n) is 1.95. The van der Waals surface area contributed by atoms with Crippen LogP contribution in [0.3, 0.4) is 0 Å². The first-order chi connectivity index (χ1) is 7.83. The summed E-state index contributed by atoms with van der Waals surface area (Å²) < 4.78 is 2.17. The largest absolute Gasteiger partial charge is 0.323 e. The van der Waals surface area contributed by atoms with Crippen LogP contribution >= 0.6 is 0 Å². The summed E-state index contributed by atoms with van der Waals surface area (Å²) in [4.78, 5) is 0. The van der Waals surface area contributed by atoms with Crippen LogP contribution in [0.25, 0.3) is 16.5 Å². The van der Waals surface area contributed by atoms with Crippen LogP contribution in [0, 0.1) is 6.92 Å². The molecule has 0 aliphatic rings. The van der Waals surface area contributed by atoms with Crippen LogP contribution in [-0.2, 0) is 0 Å². The third-order valence-corrected chi connectivity index (χ3v) is 2.88. The van der Waals surface area contributed by atoms with Gasteiger partial charge < -0.3 is 4.57 Å². The Hall–Kier alpha value is -2.02. The van der Waals surface area contributed by atoms with E-state index in [1.807, 2.05) is 0 Å². The van der Waals surface area contributed by atoms with Gasteiger partial charge in [-0.2, -0.15) is 0 Å². The smallest absolute Gasteiger partial charge is 0.0450 e. The molecule has 16 heavy (non-hydrogen) atoms. The third-order valence-electron chi connectivity index (χ3n) is 2.88. The molecular weight excluding hydrogens is 194 g/mol. The second-order valence-corrected chi connectivity index (χ2v) is 4.13. The van der Waals surface area contributed by atoms with Crippen molar-refractivity contribution in [2.24, 2.45) is 0 Å². The molecule has 0 unspecified atom stereocenters. The SMILES string of the molecule is Cc1ccc(-n2cc3ccccc3c2)cc1. The Morgan fingerprint density at radius 3 is 1.88 bits per heavy atom. The molecule has 0 aliphatic carbocycles. The number of hydrogen-bond donors (Lipinski definition) is 0. The van der Waals surface area contributed by atoms with E-state index in [0.29, 0.717) is 0 Å². The zero-order valence-corrected chi connectivity index (χ0v) is 9.22. The van der Waals surface area contributed by atoms with E-state index < -0.39 is 0 Å². The van der Waals surface area contributed by atoms with Gasteiger partial charge in [0.15, 0.2) is 0 Å². The molecule has 1 aromatic heterocycles. The maximum Gasteiger partial charge on any atom is 0.0450 e. The molecule has 0 radical (unpaired) electrons. The minimum absolute atomic E-state index is 1.21. The lowest BCUT2D eigenvalue weighted by atomic mass is 10.2. The Kier molecular flexibility index (Phi) is 2.03. The van der Waals surface area contributed by atoms with E-state index in [1.54, 1.807) is 0 Å². The van der Waals surface area contributed by atoms with Gasteiger partial charge in [0.05, 0.1) is 0 Å². The molecule has 3 rings (SSSR count). The first kappa shape index (κ1) is 9.22. The first-order valence-corrected chi connectivity index (χ1v) is 5.47. The van der Waals surface area contributed by atoms with E-state index >= 15 is 0 Å². The molecule has 0 bridgehead atoms. The van der Waals surface area contributed by atoms with Crippen molar-refractivity contribution >= 4 is 10.8 Å². The van der Waals surface area contributed by atoms with Crippen molar-refractivity contribution in [1.29, 1.82) is 0 Å². The summed E-state index contributed by atoms with van der Waals surface area (Å²) in [6, 6.07) is 17.0. The molecular formula is C15H13N. The van der Waals surface area contributed by atoms with Crippen LogP contribution in [0.4, 0.5) is 0 Å². The molecule has 2 aromatic carbocycles. The van der Waals surface area contributed by atoms with Crippen molar-refractivity contribution in [3.05, 3.63) is 66.5 Å². The number of nitrogens with zero attached hydrogens (tertiary/aromatic N) is 1. The van der Waals surface area contributed by atoms with Crippen molar-refractivity contribution in [2.75, 3.05) is 0 Å². The average Bonchev–Trinajstić information content (AvgIpc) is 2.73. The zero-order valence-electron chi connectivity index (χ0n) is 9.22. The topological polar surface area (TPSA) is 4.93 Å². The minimum Gasteiger partial charge on any atom is -0.323 e. The molecule has 78 valence electrons. The monoisotopic (exact) mass is 207 g/mol. The van der Waals surface area contributed by atoms with Gasteiger partial charge in [0, 0.05) is 18.1 Å². The van der Waals surface area contributed by atoms with Crippen LogP contribution in [0.5, 0.6) is 0 Å². The number of fused-ring (bicyclic) bond motifs is 1. The lowest BCUT2D eigenvalue weighted by molar-refractivity contribution is 1.08. The Bertz CT molecular complexity index is 584. The molecule has 0 fully saturated rings. The van der Waals surface area contributed by atoms with Crippen molar-refractivity contribution in [3.63, 3.8) is 0 Å². The van der Waals surface area contributed by atoms with Gasteiger partial charge in [-0.3, -0.25) is 0 Å². The standard InChI is InChI=1S/C15H13N/c1-12-6-8-15(9-7-12)16-10-13-4-2-3-5-14(13)11-16/h2-11H,1H3. The summed E-state index contributed by atoms with van der Waals surface area (Å²) in [7, 11) is 0. The fraction of sp³-hybridized carbons (Fsp3) is 0.0667. The highest BCUT2D eigenvalue weighted by molar-refractivity contribution is 5.82. The molecule has 0 atom stereocenters. The Morgan fingerprint density at radius 2 is 1.31 bits per heavy atom. The second-order valence-electron chi connectivity index (χ2n) is 4.13. The highest BCUT2D eigenvalue weighted by Crippen LogP contribution is 2.18. The van der Waals surface area contributed by atoms with Crippen LogP contribution in [-0.4, -0.2) is 4.57 Å². The molecule has 1 heteroatoms. The van der Waals surface area contributed by atoms with Crippen LogP contribution in [0.1, 0.15) is 5.56 Å². The number of aromatic nitrogens is 1. The highest BCUT2D eigenvalue weighted by atomic mass is 14.9. The number of rotatable bonds is 1. The van der Waals surface area contributed by atoms with Gasteiger partial charge in [-0.25, -0.2) is 0 Å². The molecule has 0 saturated carbocycles. The predicted molar refractivity (Wildman–Crippen MR) is 68.0 cm³/mol. The molecule has 0 saturated heterocycles. The molecule has 0 aliphatic heterocycles. The highest BCUT2D eigenvalue weighted by Gasteiger charge is 1.99. The van der Waals surface area contributed by atoms with Crippen LogP contribution in [0.2, 0.25) is 0 Å². The summed E-state index contributed by atoms with van der Waals surface area (Å²) >= 11 is 0. The minimum atomic E-state index is 1.21. The summed E-state index contributed by atoms with van der Waals surface area (Å²) in [5, 5.41) is 2.56. The average molecular weight is 207 g/mol. The van der Waals surface area contributed by atoms with Gasteiger partial charge in [0.1, 0.15) is 0 Å². The molecule has 3 aromatic rings. The zero-order chi connectivity index (χ0) is 11.0. The van der Waals surface area contributed by atoms with Gasteiger partial charge in [0.25, 0.3) is 0 Å². The van der Waals surface area contributed by atoms with Gasteiger partial charge in [-0.1, -0.05) is 42.0 Å². The Labute approximate surface area is 95.0 Å². The van der Waals surface area contributed by atoms with Gasteiger partial charge in [-0.05, 0) is 29.8 Å². The Balaban J connectivity index is 2.15. The normalized spacial score (nSPS) is 10.8. The van der Waals surface area contributed by atoms with E-state index in [2.05, 4.69) is 72.4 Å². The maximum atomic E-state index is 2.17. The van der Waals surface area contributed by atoms with Crippen molar-refractivity contribution in [3.8, 4) is 5.69 Å². The van der Waals surface area contributed by atoms with Gasteiger partial charge >= 0.3 is 0 Å².